The van der Waals surface area contributed by atoms with E-state index in [-0.39, 0.29) is 7.43 Å². The van der Waals surface area contributed by atoms with Crippen LogP contribution >= 0.6 is 15.9 Å². The second-order valence-corrected chi connectivity index (χ2v) is 13.4. The van der Waals surface area contributed by atoms with Crippen molar-refractivity contribution in [2.45, 2.75) is 7.43 Å². The maximum Gasteiger partial charge on any atom is 0.158 e. The van der Waals surface area contributed by atoms with Gasteiger partial charge in [-0.15, -0.1) is 0 Å². The molecule has 0 unspecified atom stereocenters. The van der Waals surface area contributed by atoms with Crippen LogP contribution in [0.1, 0.15) is 7.43 Å². The smallest absolute Gasteiger partial charge is 0.158 e. The van der Waals surface area contributed by atoms with E-state index in [2.05, 4.69) is 118 Å². The average molecular weight is 768 g/mol. The topological polar surface area (TPSA) is 64.3 Å². The van der Waals surface area contributed by atoms with Crippen molar-refractivity contribution in [3.05, 3.63) is 199 Å². The fraction of sp³-hybridized carbons (Fsp3) is 0.0204. The van der Waals surface area contributed by atoms with Gasteiger partial charge in [0.05, 0.1) is 10.2 Å². The first-order valence-corrected chi connectivity index (χ1v) is 18.2. The van der Waals surface area contributed by atoms with Crippen LogP contribution in [-0.4, -0.2) is 0 Å². The summed E-state index contributed by atoms with van der Waals surface area (Å²) in [5.74, 6) is 0. The van der Waals surface area contributed by atoms with Gasteiger partial charge < -0.3 is 19.9 Å². The number of nitrogen functional groups attached to an aromatic ring is 1. The summed E-state index contributed by atoms with van der Waals surface area (Å²) in [4.78, 5) is 0. The zero-order valence-electron chi connectivity index (χ0n) is 28.7. The minimum absolute atomic E-state index is 0. The molecule has 3 N–H and O–H groups in total. The van der Waals surface area contributed by atoms with Gasteiger partial charge in [0, 0.05) is 32.9 Å². The van der Waals surface area contributed by atoms with Crippen molar-refractivity contribution in [1.29, 1.82) is 0 Å². The van der Waals surface area contributed by atoms with Gasteiger partial charge in [-0.25, -0.2) is 0 Å². The number of halogens is 1. The Morgan fingerprint density at radius 2 is 0.815 bits per heavy atom. The molecular weight excluding hydrogens is 728 g/mol. The van der Waals surface area contributed by atoms with Gasteiger partial charge in [0.2, 0.25) is 0 Å². The van der Waals surface area contributed by atoms with Gasteiger partial charge in [-0.1, -0.05) is 153 Å². The largest absolute Gasteiger partial charge is 0.455 e. The van der Waals surface area contributed by atoms with Crippen LogP contribution in [0.4, 0.5) is 17.1 Å². The number of fused-ring (bicyclic) bond motifs is 6. The molecule has 0 aliphatic rings. The van der Waals surface area contributed by atoms with Crippen molar-refractivity contribution < 1.29 is 8.83 Å². The molecule has 0 saturated carbocycles. The van der Waals surface area contributed by atoms with Crippen molar-refractivity contribution in [2.75, 3.05) is 11.1 Å². The highest BCUT2D eigenvalue weighted by Crippen LogP contribution is 2.35. The molecule has 0 saturated heterocycles. The third-order valence-corrected chi connectivity index (χ3v) is 9.67. The van der Waals surface area contributed by atoms with Crippen LogP contribution in [-0.2, 0) is 0 Å². The highest BCUT2D eigenvalue weighted by atomic mass is 79.9. The SMILES string of the molecule is Brc1cccc2c1oc1ccccc12.C.Nc1ccc(-c2ccccc2)cc1.c1ccc(-c2ccc(Nc3cccc4c3oc3ccccc34)cc2)cc1. The molecule has 0 aliphatic carbocycles. The Balaban J connectivity index is 0.000000136. The number of anilines is 3. The van der Waals surface area contributed by atoms with Crippen molar-refractivity contribution in [1.82, 2.24) is 0 Å². The molecule has 54 heavy (non-hydrogen) atoms. The lowest BCUT2D eigenvalue weighted by atomic mass is 10.1. The Morgan fingerprint density at radius 1 is 0.389 bits per heavy atom. The van der Waals surface area contributed by atoms with E-state index < -0.39 is 0 Å². The number of nitrogens with two attached hydrogens (primary N) is 1. The standard InChI is InChI=1S/C24H17NO.C12H7BrO.C12H11N.CH4/c1-2-7-17(8-3-1)18-13-15-19(16-14-18)25-22-11-6-10-21-20-9-4-5-12-23(20)26-24(21)22;13-10-6-3-5-9-8-4-1-2-7-11(8)14-12(9)10;13-12-8-6-11(7-9-12)10-4-2-1-3-5-10;/h1-16,25H;1-7H;1-9H,13H2;1H4. The molecule has 5 heteroatoms. The quantitative estimate of drug-likeness (QED) is 0.175. The normalized spacial score (nSPS) is 10.6. The molecule has 0 bridgehead atoms. The summed E-state index contributed by atoms with van der Waals surface area (Å²) in [6, 6.07) is 65.6. The maximum absolute atomic E-state index is 6.09. The summed E-state index contributed by atoms with van der Waals surface area (Å²) in [7, 11) is 0. The van der Waals surface area contributed by atoms with Crippen LogP contribution < -0.4 is 11.1 Å². The Labute approximate surface area is 323 Å². The minimum Gasteiger partial charge on any atom is -0.455 e. The second-order valence-electron chi connectivity index (χ2n) is 12.6. The van der Waals surface area contributed by atoms with Crippen molar-refractivity contribution in [2.24, 2.45) is 0 Å². The van der Waals surface area contributed by atoms with Gasteiger partial charge in [0.25, 0.3) is 0 Å². The number of hydrogen-bond acceptors (Lipinski definition) is 4. The summed E-state index contributed by atoms with van der Waals surface area (Å²) in [5.41, 5.74) is 16.9. The number of hydrogen-bond donors (Lipinski definition) is 2. The lowest BCUT2D eigenvalue weighted by Crippen LogP contribution is -1.90. The lowest BCUT2D eigenvalue weighted by Gasteiger charge is -2.08. The van der Waals surface area contributed by atoms with Crippen LogP contribution in [0, 0.1) is 0 Å². The Kier molecular flexibility index (Phi) is 10.9. The lowest BCUT2D eigenvalue weighted by molar-refractivity contribution is 0.667. The van der Waals surface area contributed by atoms with Gasteiger partial charge in [0.1, 0.15) is 16.7 Å². The van der Waals surface area contributed by atoms with Crippen molar-refractivity contribution >= 4 is 76.9 Å². The van der Waals surface area contributed by atoms with E-state index in [1.807, 2.05) is 97.1 Å². The third kappa shape index (κ3) is 7.77. The average Bonchev–Trinajstić information content (AvgIpc) is 3.80. The Morgan fingerprint density at radius 3 is 1.39 bits per heavy atom. The summed E-state index contributed by atoms with van der Waals surface area (Å²) < 4.78 is 12.8. The predicted molar refractivity (Wildman–Crippen MR) is 233 cm³/mol. The van der Waals surface area contributed by atoms with E-state index in [0.29, 0.717) is 0 Å². The molecular formula is C49H39BrN2O2. The van der Waals surface area contributed by atoms with Gasteiger partial charge in [-0.3, -0.25) is 0 Å². The molecule has 0 radical (unpaired) electrons. The van der Waals surface area contributed by atoms with Crippen LogP contribution in [0.2, 0.25) is 0 Å². The summed E-state index contributed by atoms with van der Waals surface area (Å²) in [5, 5.41) is 8.10. The minimum atomic E-state index is 0. The Hall–Kier alpha value is -6.56. The summed E-state index contributed by atoms with van der Waals surface area (Å²) >= 11 is 3.48. The number of benzene rings is 8. The number of rotatable bonds is 4. The fourth-order valence-corrected chi connectivity index (χ4v) is 6.84. The number of furan rings is 2. The monoisotopic (exact) mass is 766 g/mol. The second kappa shape index (κ2) is 16.4. The first kappa shape index (κ1) is 35.8. The molecule has 4 nitrogen and oxygen atoms in total. The van der Waals surface area contributed by atoms with E-state index >= 15 is 0 Å². The van der Waals surface area contributed by atoms with Crippen LogP contribution in [0.15, 0.2) is 207 Å². The molecule has 0 amide bonds. The van der Waals surface area contributed by atoms with Crippen molar-refractivity contribution in [3.63, 3.8) is 0 Å². The zero-order valence-corrected chi connectivity index (χ0v) is 30.3. The molecule has 0 fully saturated rings. The van der Waals surface area contributed by atoms with E-state index in [4.69, 9.17) is 14.6 Å². The maximum atomic E-state index is 6.09. The highest BCUT2D eigenvalue weighted by Gasteiger charge is 2.11. The van der Waals surface area contributed by atoms with Gasteiger partial charge in [0.15, 0.2) is 5.58 Å². The van der Waals surface area contributed by atoms with E-state index in [1.54, 1.807) is 0 Å². The summed E-state index contributed by atoms with van der Waals surface area (Å²) in [6.45, 7) is 0. The van der Waals surface area contributed by atoms with Crippen LogP contribution in [0.3, 0.4) is 0 Å². The van der Waals surface area contributed by atoms with Gasteiger partial charge >= 0.3 is 0 Å². The number of para-hydroxylation sites is 4. The molecule has 8 aromatic carbocycles. The molecule has 0 spiro atoms. The first-order valence-electron chi connectivity index (χ1n) is 17.4. The first-order chi connectivity index (χ1) is 26.1. The van der Waals surface area contributed by atoms with Crippen LogP contribution in [0.5, 0.6) is 0 Å². The summed E-state index contributed by atoms with van der Waals surface area (Å²) in [6.07, 6.45) is 0. The third-order valence-electron chi connectivity index (χ3n) is 9.05. The van der Waals surface area contributed by atoms with E-state index in [1.165, 1.54) is 27.6 Å². The molecule has 2 heterocycles. The van der Waals surface area contributed by atoms with Gasteiger partial charge in [-0.05, 0) is 86.7 Å². The molecule has 2 aromatic heterocycles. The molecule has 10 rings (SSSR count). The number of nitrogens with one attached hydrogen (secondary N) is 1. The highest BCUT2D eigenvalue weighted by molar-refractivity contribution is 9.10. The van der Waals surface area contributed by atoms with Gasteiger partial charge in [-0.2, -0.15) is 0 Å². The molecule has 0 atom stereocenters. The van der Waals surface area contributed by atoms with Crippen molar-refractivity contribution in [3.8, 4) is 22.3 Å². The predicted octanol–water partition coefficient (Wildman–Crippen LogP) is 14.9. The molecule has 264 valence electrons. The van der Waals surface area contributed by atoms with Crippen LogP contribution in [0.25, 0.3) is 66.1 Å². The molecule has 10 aromatic rings. The fourth-order valence-electron chi connectivity index (χ4n) is 6.40. The Bertz CT molecular complexity index is 2750. The van der Waals surface area contributed by atoms with E-state index in [9.17, 15) is 0 Å². The van der Waals surface area contributed by atoms with E-state index in [0.717, 1.165) is 60.0 Å². The molecule has 0 aliphatic heterocycles. The zero-order chi connectivity index (χ0) is 36.0.